The van der Waals surface area contributed by atoms with E-state index in [4.69, 9.17) is 16.3 Å². The van der Waals surface area contributed by atoms with Crippen LogP contribution in [0.15, 0.2) is 42.5 Å². The van der Waals surface area contributed by atoms with Crippen molar-refractivity contribution in [2.45, 2.75) is 32.4 Å². The second-order valence-electron chi connectivity index (χ2n) is 7.90. The third-order valence-corrected chi connectivity index (χ3v) is 5.82. The minimum Gasteiger partial charge on any atom is -0.381 e. The lowest BCUT2D eigenvalue weighted by Crippen LogP contribution is -2.50. The molecule has 3 rings (SSSR count). The van der Waals surface area contributed by atoms with E-state index < -0.39 is 0 Å². The monoisotopic (exact) mass is 387 g/mol. The maximum Gasteiger partial charge on any atom is 0.255 e. The van der Waals surface area contributed by atoms with Crippen molar-refractivity contribution in [2.75, 3.05) is 32.6 Å². The third kappa shape index (κ3) is 5.10. The van der Waals surface area contributed by atoms with Gasteiger partial charge in [-0.2, -0.15) is 0 Å². The van der Waals surface area contributed by atoms with Crippen LogP contribution in [0.4, 0.5) is 5.69 Å². The first-order chi connectivity index (χ1) is 12.8. The van der Waals surface area contributed by atoms with Gasteiger partial charge in [-0.15, -0.1) is 0 Å². The number of halogens is 1. The van der Waals surface area contributed by atoms with Gasteiger partial charge in [0.1, 0.15) is 6.54 Å². The quantitative estimate of drug-likeness (QED) is 0.758. The smallest absolute Gasteiger partial charge is 0.255 e. The van der Waals surface area contributed by atoms with Crippen LogP contribution in [0.1, 0.15) is 34.3 Å². The largest absolute Gasteiger partial charge is 0.381 e. The molecule has 1 saturated heterocycles. The Morgan fingerprint density at radius 3 is 2.44 bits per heavy atom. The number of anilines is 1. The van der Waals surface area contributed by atoms with Crippen LogP contribution in [0.2, 0.25) is 5.02 Å². The van der Waals surface area contributed by atoms with Crippen LogP contribution >= 0.6 is 11.6 Å². The molecule has 1 amide bonds. The summed E-state index contributed by atoms with van der Waals surface area (Å²) >= 11 is 6.12. The number of hydrogen-bond donors (Lipinski definition) is 1. The van der Waals surface area contributed by atoms with E-state index in [-0.39, 0.29) is 5.91 Å². The van der Waals surface area contributed by atoms with Crippen molar-refractivity contribution in [3.63, 3.8) is 0 Å². The molecule has 1 heterocycles. The van der Waals surface area contributed by atoms with E-state index in [1.165, 1.54) is 5.56 Å². The molecule has 0 radical (unpaired) electrons. The highest BCUT2D eigenvalue weighted by Gasteiger charge is 2.30. The maximum absolute atomic E-state index is 12.4. The first-order valence-corrected chi connectivity index (χ1v) is 9.80. The lowest BCUT2D eigenvalue weighted by atomic mass is 10.0. The van der Waals surface area contributed by atoms with Crippen molar-refractivity contribution in [2.24, 2.45) is 0 Å². The third-order valence-electron chi connectivity index (χ3n) is 5.42. The van der Waals surface area contributed by atoms with Gasteiger partial charge in [-0.3, -0.25) is 4.79 Å². The van der Waals surface area contributed by atoms with Gasteiger partial charge in [-0.1, -0.05) is 29.8 Å². The van der Waals surface area contributed by atoms with Gasteiger partial charge in [-0.05, 0) is 36.8 Å². The van der Waals surface area contributed by atoms with Crippen LogP contribution in [-0.2, 0) is 11.3 Å². The Morgan fingerprint density at radius 2 is 1.81 bits per heavy atom. The molecular formula is C22H28ClN2O2+. The van der Waals surface area contributed by atoms with Gasteiger partial charge < -0.3 is 14.5 Å². The number of quaternary nitrogens is 1. The topological polar surface area (TPSA) is 38.3 Å². The minimum absolute atomic E-state index is 0.150. The summed E-state index contributed by atoms with van der Waals surface area (Å²) < 4.78 is 6.44. The van der Waals surface area contributed by atoms with Crippen LogP contribution < -0.4 is 5.32 Å². The van der Waals surface area contributed by atoms with Crippen LogP contribution in [0.25, 0.3) is 0 Å². The molecule has 2 aromatic carbocycles. The van der Waals surface area contributed by atoms with Crippen LogP contribution in [-0.4, -0.2) is 43.7 Å². The summed E-state index contributed by atoms with van der Waals surface area (Å²) in [6.45, 7) is 4.61. The van der Waals surface area contributed by atoms with Crippen molar-refractivity contribution in [1.29, 1.82) is 0 Å². The van der Waals surface area contributed by atoms with E-state index in [0.717, 1.165) is 48.3 Å². The molecule has 0 unspecified atom stereocenters. The molecule has 27 heavy (non-hydrogen) atoms. The summed E-state index contributed by atoms with van der Waals surface area (Å²) in [5, 5.41) is 3.54. The predicted octanol–water partition coefficient (Wildman–Crippen LogP) is 4.66. The summed E-state index contributed by atoms with van der Waals surface area (Å²) in [6.07, 6.45) is 2.22. The zero-order valence-electron chi connectivity index (χ0n) is 16.3. The number of nitrogens with one attached hydrogen (secondary N) is 1. The van der Waals surface area contributed by atoms with Gasteiger partial charge in [0, 0.05) is 34.7 Å². The van der Waals surface area contributed by atoms with E-state index in [0.29, 0.717) is 16.6 Å². The SMILES string of the molecule is Cc1ccc(C(=O)Nc2ccc(C[N+](C)(C)C3CCOCC3)cc2)cc1Cl. The van der Waals surface area contributed by atoms with Gasteiger partial charge >= 0.3 is 0 Å². The highest BCUT2D eigenvalue weighted by atomic mass is 35.5. The Labute approximate surface area is 166 Å². The molecule has 5 heteroatoms. The standard InChI is InChI=1S/C22H27ClN2O2/c1-16-4-7-18(14-21(16)23)22(26)24-19-8-5-17(6-9-19)15-25(2,3)20-10-12-27-13-11-20/h4-9,14,20H,10-13,15H2,1-3H3/p+1. The minimum atomic E-state index is -0.150. The Hall–Kier alpha value is -1.88. The Kier molecular flexibility index (Phi) is 6.20. The molecule has 0 spiro atoms. The fraction of sp³-hybridized carbons (Fsp3) is 0.409. The van der Waals surface area contributed by atoms with Crippen molar-refractivity contribution >= 4 is 23.2 Å². The average molecular weight is 388 g/mol. The molecule has 2 aromatic rings. The zero-order chi connectivity index (χ0) is 19.4. The number of hydrogen-bond acceptors (Lipinski definition) is 2. The fourth-order valence-corrected chi connectivity index (χ4v) is 3.80. The van der Waals surface area contributed by atoms with Gasteiger partial charge in [-0.25, -0.2) is 0 Å². The van der Waals surface area contributed by atoms with Gasteiger partial charge in [0.15, 0.2) is 0 Å². The molecule has 1 N–H and O–H groups in total. The highest BCUT2D eigenvalue weighted by molar-refractivity contribution is 6.31. The zero-order valence-corrected chi connectivity index (χ0v) is 17.1. The van der Waals surface area contributed by atoms with E-state index in [1.807, 2.05) is 25.1 Å². The molecule has 1 aliphatic rings. The first-order valence-electron chi connectivity index (χ1n) is 9.42. The van der Waals surface area contributed by atoms with E-state index >= 15 is 0 Å². The number of carbonyl (C=O) groups excluding carboxylic acids is 1. The number of carbonyl (C=O) groups is 1. The van der Waals surface area contributed by atoms with E-state index in [2.05, 4.69) is 31.5 Å². The summed E-state index contributed by atoms with van der Waals surface area (Å²) in [4.78, 5) is 12.4. The molecule has 4 nitrogen and oxygen atoms in total. The Balaban J connectivity index is 1.62. The number of benzene rings is 2. The molecule has 0 aliphatic carbocycles. The van der Waals surface area contributed by atoms with Gasteiger partial charge in [0.05, 0.1) is 33.4 Å². The number of amides is 1. The summed E-state index contributed by atoms with van der Waals surface area (Å²) in [5.41, 5.74) is 3.58. The highest BCUT2D eigenvalue weighted by Crippen LogP contribution is 2.23. The summed E-state index contributed by atoms with van der Waals surface area (Å²) in [5.74, 6) is -0.150. The lowest BCUT2D eigenvalue weighted by Gasteiger charge is -2.40. The first kappa shape index (κ1) is 19.9. The Morgan fingerprint density at radius 1 is 1.15 bits per heavy atom. The molecule has 144 valence electrons. The second-order valence-corrected chi connectivity index (χ2v) is 8.30. The summed E-state index contributed by atoms with van der Waals surface area (Å²) in [6, 6.07) is 14.1. The number of rotatable bonds is 5. The van der Waals surface area contributed by atoms with Crippen LogP contribution in [0.5, 0.6) is 0 Å². The second kappa shape index (κ2) is 8.42. The number of aryl methyl sites for hydroxylation is 1. The average Bonchev–Trinajstić information content (AvgIpc) is 2.66. The summed E-state index contributed by atoms with van der Waals surface area (Å²) in [7, 11) is 4.57. The molecule has 1 fully saturated rings. The molecule has 1 aliphatic heterocycles. The van der Waals surface area contributed by atoms with E-state index in [9.17, 15) is 4.79 Å². The van der Waals surface area contributed by atoms with Gasteiger partial charge in [0.2, 0.25) is 0 Å². The van der Waals surface area contributed by atoms with Crippen molar-refractivity contribution < 1.29 is 14.0 Å². The molecular weight excluding hydrogens is 360 g/mol. The number of nitrogens with zero attached hydrogens (tertiary/aromatic N) is 1. The van der Waals surface area contributed by atoms with Gasteiger partial charge in [0.25, 0.3) is 5.91 Å². The maximum atomic E-state index is 12.4. The van der Waals surface area contributed by atoms with Crippen LogP contribution in [0, 0.1) is 6.92 Å². The normalized spacial score (nSPS) is 15.6. The van der Waals surface area contributed by atoms with Crippen molar-refractivity contribution in [3.8, 4) is 0 Å². The van der Waals surface area contributed by atoms with Crippen molar-refractivity contribution in [3.05, 3.63) is 64.2 Å². The number of ether oxygens (including phenoxy) is 1. The Bertz CT molecular complexity index is 796. The molecule has 0 aromatic heterocycles. The molecule has 0 saturated carbocycles. The van der Waals surface area contributed by atoms with Crippen molar-refractivity contribution in [1.82, 2.24) is 0 Å². The molecule has 0 atom stereocenters. The molecule has 0 bridgehead atoms. The van der Waals surface area contributed by atoms with Crippen LogP contribution in [0.3, 0.4) is 0 Å². The predicted molar refractivity (Wildman–Crippen MR) is 110 cm³/mol. The fourth-order valence-electron chi connectivity index (χ4n) is 3.61. The van der Waals surface area contributed by atoms with E-state index in [1.54, 1.807) is 12.1 Å². The lowest BCUT2D eigenvalue weighted by molar-refractivity contribution is -0.929.